The van der Waals surface area contributed by atoms with Gasteiger partial charge >= 0.3 is 0 Å². The van der Waals surface area contributed by atoms with E-state index in [2.05, 4.69) is 4.72 Å². The molecule has 2 aromatic rings. The fourth-order valence-corrected chi connectivity index (χ4v) is 5.41. The molecule has 0 amide bonds. The molecule has 0 atom stereocenters. The van der Waals surface area contributed by atoms with Crippen molar-refractivity contribution in [3.05, 3.63) is 74.8 Å². The number of halogens is 1. The highest BCUT2D eigenvalue weighted by Gasteiger charge is 2.41. The average molecular weight is 445 g/mol. The minimum Gasteiger partial charge on any atom is -0.367 e. The number of hydrogen-bond donors (Lipinski definition) is 1. The number of anilines is 1. The molecule has 0 aromatic heterocycles. The molecule has 30 heavy (non-hydrogen) atoms. The molecule has 0 unspecified atom stereocenters. The fraction of sp³-hybridized carbons (Fsp3) is 0.273. The molecule has 1 fully saturated rings. The van der Waals surface area contributed by atoms with Crippen molar-refractivity contribution in [3.63, 3.8) is 0 Å². The van der Waals surface area contributed by atoms with Crippen LogP contribution in [0, 0.1) is 6.92 Å². The molecule has 1 aliphatic heterocycles. The Bertz CT molecular complexity index is 1180. The van der Waals surface area contributed by atoms with Gasteiger partial charge in [0, 0.05) is 29.2 Å². The number of nitrogens with one attached hydrogen (secondary N) is 1. The molecule has 1 saturated heterocycles. The van der Waals surface area contributed by atoms with Gasteiger partial charge in [0.25, 0.3) is 10.0 Å². The number of sulfonamides is 1. The molecule has 8 heteroatoms. The van der Waals surface area contributed by atoms with E-state index < -0.39 is 26.5 Å². The summed E-state index contributed by atoms with van der Waals surface area (Å²) in [6.07, 6.45) is 2.67. The van der Waals surface area contributed by atoms with Crippen LogP contribution in [0.3, 0.4) is 0 Å². The number of allylic oxidation sites excluding steroid dienone is 2. The third-order valence-electron chi connectivity index (χ3n) is 5.42. The van der Waals surface area contributed by atoms with Crippen molar-refractivity contribution < 1.29 is 18.0 Å². The van der Waals surface area contributed by atoms with Crippen LogP contribution >= 0.6 is 11.6 Å². The minimum absolute atomic E-state index is 0.0379. The second-order valence-electron chi connectivity index (χ2n) is 7.50. The van der Waals surface area contributed by atoms with Gasteiger partial charge in [-0.3, -0.25) is 14.3 Å². The van der Waals surface area contributed by atoms with Crippen molar-refractivity contribution in [3.8, 4) is 0 Å². The van der Waals surface area contributed by atoms with E-state index in [1.807, 2.05) is 0 Å². The molecule has 4 rings (SSSR count). The molecule has 0 saturated carbocycles. The number of likely N-dealkylation sites (tertiary alicyclic amines) is 1. The molecule has 1 heterocycles. The van der Waals surface area contributed by atoms with E-state index in [0.29, 0.717) is 18.1 Å². The van der Waals surface area contributed by atoms with Crippen molar-refractivity contribution >= 4 is 38.9 Å². The summed E-state index contributed by atoms with van der Waals surface area (Å²) in [5, 5.41) is 0.400. The summed E-state index contributed by atoms with van der Waals surface area (Å²) < 4.78 is 29.2. The number of aryl methyl sites for hydroxylation is 1. The second kappa shape index (κ2) is 7.89. The number of benzene rings is 2. The molecule has 0 bridgehead atoms. The zero-order valence-corrected chi connectivity index (χ0v) is 18.0. The maximum absolute atomic E-state index is 13.4. The van der Waals surface area contributed by atoms with Crippen LogP contribution in [0.1, 0.15) is 45.5 Å². The van der Waals surface area contributed by atoms with E-state index in [0.717, 1.165) is 24.8 Å². The van der Waals surface area contributed by atoms with Crippen molar-refractivity contribution in [2.45, 2.75) is 26.2 Å². The van der Waals surface area contributed by atoms with Gasteiger partial charge in [-0.15, -0.1) is 0 Å². The number of hydrogen-bond acceptors (Lipinski definition) is 5. The Kier molecular flexibility index (Phi) is 5.42. The van der Waals surface area contributed by atoms with E-state index in [-0.39, 0.29) is 22.5 Å². The molecule has 6 nitrogen and oxygen atoms in total. The van der Waals surface area contributed by atoms with E-state index in [1.54, 1.807) is 42.2 Å². The predicted octanol–water partition coefficient (Wildman–Crippen LogP) is 4.17. The molecular weight excluding hydrogens is 424 g/mol. The number of fused-ring (bicyclic) bond motifs is 1. The van der Waals surface area contributed by atoms with E-state index in [4.69, 9.17) is 11.6 Å². The highest BCUT2D eigenvalue weighted by atomic mass is 35.5. The topological polar surface area (TPSA) is 83.6 Å². The first kappa shape index (κ1) is 20.6. The molecule has 156 valence electrons. The highest BCUT2D eigenvalue weighted by Crippen LogP contribution is 2.34. The van der Waals surface area contributed by atoms with Crippen molar-refractivity contribution in [1.82, 2.24) is 4.90 Å². The van der Waals surface area contributed by atoms with E-state index in [1.165, 1.54) is 12.1 Å². The fourth-order valence-electron chi connectivity index (χ4n) is 3.86. The zero-order chi connectivity index (χ0) is 21.5. The summed E-state index contributed by atoms with van der Waals surface area (Å²) in [7, 11) is -4.33. The Labute approximate surface area is 180 Å². The van der Waals surface area contributed by atoms with Crippen molar-refractivity contribution in [2.75, 3.05) is 17.8 Å². The Morgan fingerprint density at radius 2 is 1.57 bits per heavy atom. The zero-order valence-electron chi connectivity index (χ0n) is 16.4. The Morgan fingerprint density at radius 1 is 0.933 bits per heavy atom. The molecular formula is C22H21ClN2O4S. The first-order chi connectivity index (χ1) is 14.3. The smallest absolute Gasteiger partial charge is 0.268 e. The lowest BCUT2D eigenvalue weighted by Crippen LogP contribution is -2.40. The second-order valence-corrected chi connectivity index (χ2v) is 9.53. The molecule has 2 aliphatic rings. The molecule has 1 aliphatic carbocycles. The largest absolute Gasteiger partial charge is 0.367 e. The van der Waals surface area contributed by atoms with Gasteiger partial charge in [0.2, 0.25) is 11.6 Å². The first-order valence-electron chi connectivity index (χ1n) is 9.76. The normalized spacial score (nSPS) is 17.2. The summed E-state index contributed by atoms with van der Waals surface area (Å²) in [5.41, 5.74) is 1.33. The number of Topliss-reactive ketones (excluding diaryl/α,β-unsaturated/α-hetero) is 2. The molecule has 0 spiro atoms. The number of piperidine rings is 1. The van der Waals surface area contributed by atoms with Gasteiger partial charge in [-0.05, 0) is 43.9 Å². The molecule has 1 N–H and O–H groups in total. The lowest BCUT2D eigenvalue weighted by atomic mass is 9.91. The third-order valence-corrected chi connectivity index (χ3v) is 7.25. The van der Waals surface area contributed by atoms with Crippen LogP contribution in [0.4, 0.5) is 5.69 Å². The summed E-state index contributed by atoms with van der Waals surface area (Å²) >= 11 is 6.12. The SMILES string of the molecule is Cc1ccc(NS(=O)(=O)C2=C(N3CCCCC3)C(=O)c3ccccc3C2=O)cc1Cl. The standard InChI is InChI=1S/C22H21ClN2O4S/c1-14-9-10-15(13-18(14)23)24-30(28,29)22-19(25-11-5-2-6-12-25)20(26)16-7-3-4-8-17(16)21(22)27/h3-4,7-10,13,24H,2,5-6,11-12H2,1H3. The first-order valence-corrected chi connectivity index (χ1v) is 11.6. The van der Waals surface area contributed by atoms with Gasteiger partial charge in [0.05, 0.1) is 5.69 Å². The van der Waals surface area contributed by atoms with Crippen LogP contribution in [0.15, 0.2) is 53.1 Å². The van der Waals surface area contributed by atoms with E-state index >= 15 is 0 Å². The van der Waals surface area contributed by atoms with Gasteiger partial charge in [0.1, 0.15) is 5.70 Å². The average Bonchev–Trinajstić information content (AvgIpc) is 2.73. The summed E-state index contributed by atoms with van der Waals surface area (Å²) in [6, 6.07) is 11.1. The van der Waals surface area contributed by atoms with Crippen molar-refractivity contribution in [2.24, 2.45) is 0 Å². The highest BCUT2D eigenvalue weighted by molar-refractivity contribution is 7.97. The maximum Gasteiger partial charge on any atom is 0.268 e. The lowest BCUT2D eigenvalue weighted by molar-refractivity contribution is 0.0939. The van der Waals surface area contributed by atoms with Gasteiger partial charge in [-0.1, -0.05) is 41.9 Å². The predicted molar refractivity (Wildman–Crippen MR) is 116 cm³/mol. The van der Waals surface area contributed by atoms with Gasteiger partial charge < -0.3 is 4.90 Å². The Balaban J connectivity index is 1.86. The monoisotopic (exact) mass is 444 g/mol. The number of nitrogens with zero attached hydrogens (tertiary/aromatic N) is 1. The molecule has 0 radical (unpaired) electrons. The number of carbonyl (C=O) groups is 2. The molecule has 2 aromatic carbocycles. The quantitative estimate of drug-likeness (QED) is 0.765. The summed E-state index contributed by atoms with van der Waals surface area (Å²) in [6.45, 7) is 2.87. The van der Waals surface area contributed by atoms with Crippen LogP contribution in [-0.2, 0) is 10.0 Å². The number of carbonyl (C=O) groups excluding carboxylic acids is 2. The van der Waals surface area contributed by atoms with Crippen LogP contribution in [0.2, 0.25) is 5.02 Å². The van der Waals surface area contributed by atoms with Crippen LogP contribution in [0.5, 0.6) is 0 Å². The lowest BCUT2D eigenvalue weighted by Gasteiger charge is -2.33. The van der Waals surface area contributed by atoms with Gasteiger partial charge in [-0.2, -0.15) is 0 Å². The minimum atomic E-state index is -4.33. The Hall–Kier alpha value is -2.64. The Morgan fingerprint density at radius 3 is 2.20 bits per heavy atom. The number of rotatable bonds is 4. The van der Waals surface area contributed by atoms with E-state index in [9.17, 15) is 18.0 Å². The maximum atomic E-state index is 13.4. The van der Waals surface area contributed by atoms with Crippen molar-refractivity contribution in [1.29, 1.82) is 0 Å². The van der Waals surface area contributed by atoms with Gasteiger partial charge in [0.15, 0.2) is 4.91 Å². The number of ketones is 2. The van der Waals surface area contributed by atoms with Crippen LogP contribution in [-0.4, -0.2) is 38.0 Å². The van der Waals surface area contributed by atoms with Crippen LogP contribution in [0.25, 0.3) is 0 Å². The summed E-state index contributed by atoms with van der Waals surface area (Å²) in [4.78, 5) is 27.8. The van der Waals surface area contributed by atoms with Crippen LogP contribution < -0.4 is 4.72 Å². The van der Waals surface area contributed by atoms with Gasteiger partial charge in [-0.25, -0.2) is 8.42 Å². The summed E-state index contributed by atoms with van der Waals surface area (Å²) in [5.74, 6) is -1.11. The third kappa shape index (κ3) is 3.63.